The zero-order valence-electron chi connectivity index (χ0n) is 11.0. The molecular weight excluding hydrogens is 210 g/mol. The maximum Gasteiger partial charge on any atom is 0.109 e. The van der Waals surface area contributed by atoms with Crippen LogP contribution in [0.1, 0.15) is 51.9 Å². The molecule has 3 heteroatoms. The number of nitrogens with one attached hydrogen (secondary N) is 1. The number of likely N-dealkylation sites (tertiary alicyclic amines) is 1. The van der Waals surface area contributed by atoms with Gasteiger partial charge in [0.05, 0.1) is 6.07 Å². The van der Waals surface area contributed by atoms with E-state index in [0.717, 1.165) is 25.9 Å². The van der Waals surface area contributed by atoms with Gasteiger partial charge in [-0.2, -0.15) is 5.26 Å². The Labute approximate surface area is 105 Å². The highest BCUT2D eigenvalue weighted by atomic mass is 15.2. The fourth-order valence-electron chi connectivity index (χ4n) is 3.22. The van der Waals surface area contributed by atoms with Crippen LogP contribution in [0.4, 0.5) is 0 Å². The van der Waals surface area contributed by atoms with Crippen molar-refractivity contribution in [2.45, 2.75) is 63.5 Å². The molecule has 0 bridgehead atoms. The molecule has 0 amide bonds. The summed E-state index contributed by atoms with van der Waals surface area (Å²) in [6, 6.07) is 3.17. The zero-order valence-corrected chi connectivity index (χ0v) is 11.0. The van der Waals surface area contributed by atoms with Crippen LogP contribution in [0, 0.1) is 11.3 Å². The van der Waals surface area contributed by atoms with Gasteiger partial charge in [-0.25, -0.2) is 0 Å². The van der Waals surface area contributed by atoms with Crippen molar-refractivity contribution in [3.63, 3.8) is 0 Å². The van der Waals surface area contributed by atoms with E-state index in [-0.39, 0.29) is 5.54 Å². The molecule has 2 rings (SSSR count). The quantitative estimate of drug-likeness (QED) is 0.812. The van der Waals surface area contributed by atoms with Crippen LogP contribution in [0.25, 0.3) is 0 Å². The van der Waals surface area contributed by atoms with E-state index in [1.54, 1.807) is 0 Å². The van der Waals surface area contributed by atoms with Crippen molar-refractivity contribution in [1.29, 1.82) is 5.26 Å². The highest BCUT2D eigenvalue weighted by Gasteiger charge is 2.36. The maximum absolute atomic E-state index is 9.49. The van der Waals surface area contributed by atoms with Gasteiger partial charge in [-0.1, -0.05) is 19.8 Å². The first-order valence-electron chi connectivity index (χ1n) is 7.19. The molecule has 3 nitrogen and oxygen atoms in total. The number of nitrogens with zero attached hydrogens (tertiary/aromatic N) is 2. The number of hydrogen-bond donors (Lipinski definition) is 1. The van der Waals surface area contributed by atoms with Gasteiger partial charge >= 0.3 is 0 Å². The lowest BCUT2D eigenvalue weighted by molar-refractivity contribution is 0.158. The van der Waals surface area contributed by atoms with Gasteiger partial charge < -0.3 is 4.90 Å². The first-order chi connectivity index (χ1) is 8.28. The molecule has 17 heavy (non-hydrogen) atoms. The molecule has 0 radical (unpaired) electrons. The van der Waals surface area contributed by atoms with Crippen molar-refractivity contribution < 1.29 is 0 Å². The van der Waals surface area contributed by atoms with Crippen LogP contribution in [0.2, 0.25) is 0 Å². The van der Waals surface area contributed by atoms with Crippen molar-refractivity contribution in [2.24, 2.45) is 0 Å². The monoisotopic (exact) mass is 235 g/mol. The minimum atomic E-state index is -0.223. The summed E-state index contributed by atoms with van der Waals surface area (Å²) in [6.07, 6.45) is 8.42. The lowest BCUT2D eigenvalue weighted by Crippen LogP contribution is -2.55. The summed E-state index contributed by atoms with van der Waals surface area (Å²) >= 11 is 0. The molecule has 0 spiro atoms. The van der Waals surface area contributed by atoms with E-state index in [0.29, 0.717) is 6.04 Å². The molecule has 1 N–H and O–H groups in total. The van der Waals surface area contributed by atoms with E-state index in [1.165, 1.54) is 38.6 Å². The van der Waals surface area contributed by atoms with Crippen LogP contribution >= 0.6 is 0 Å². The molecule has 1 saturated carbocycles. The van der Waals surface area contributed by atoms with Gasteiger partial charge in [-0.15, -0.1) is 0 Å². The number of hydrogen-bond acceptors (Lipinski definition) is 3. The summed E-state index contributed by atoms with van der Waals surface area (Å²) in [5, 5.41) is 13.1. The largest absolute Gasteiger partial charge is 0.303 e. The third kappa shape index (κ3) is 3.20. The molecule has 1 aliphatic carbocycles. The minimum absolute atomic E-state index is 0.223. The normalized spacial score (nSPS) is 25.9. The van der Waals surface area contributed by atoms with Gasteiger partial charge in [0, 0.05) is 19.1 Å². The Balaban J connectivity index is 1.86. The van der Waals surface area contributed by atoms with E-state index < -0.39 is 0 Å². The zero-order chi connectivity index (χ0) is 12.1. The Bertz CT molecular complexity index is 268. The Kier molecular flexibility index (Phi) is 4.42. The maximum atomic E-state index is 9.49. The van der Waals surface area contributed by atoms with Crippen LogP contribution in [0.5, 0.6) is 0 Å². The lowest BCUT2D eigenvalue weighted by Gasteiger charge is -2.39. The van der Waals surface area contributed by atoms with Crippen molar-refractivity contribution in [3.05, 3.63) is 0 Å². The molecule has 2 fully saturated rings. The van der Waals surface area contributed by atoms with E-state index in [2.05, 4.69) is 23.2 Å². The molecule has 0 aromatic rings. The molecule has 0 aromatic heterocycles. The second-order valence-corrected chi connectivity index (χ2v) is 5.66. The SMILES string of the molecule is CCCN1CCC(C#N)(NC2CCCC2)CC1. The summed E-state index contributed by atoms with van der Waals surface area (Å²) in [5.41, 5.74) is -0.223. The van der Waals surface area contributed by atoms with Gasteiger partial charge in [0.1, 0.15) is 5.54 Å². The van der Waals surface area contributed by atoms with Crippen LogP contribution in [0.15, 0.2) is 0 Å². The van der Waals surface area contributed by atoms with Crippen LogP contribution in [-0.2, 0) is 0 Å². The third-order valence-corrected chi connectivity index (χ3v) is 4.30. The van der Waals surface area contributed by atoms with Crippen LogP contribution in [-0.4, -0.2) is 36.1 Å². The summed E-state index contributed by atoms with van der Waals surface area (Å²) in [7, 11) is 0. The molecule has 1 aliphatic heterocycles. The molecule has 1 heterocycles. The predicted molar refractivity (Wildman–Crippen MR) is 69.7 cm³/mol. The summed E-state index contributed by atoms with van der Waals surface area (Å²) < 4.78 is 0. The van der Waals surface area contributed by atoms with Crippen LogP contribution in [0.3, 0.4) is 0 Å². The third-order valence-electron chi connectivity index (χ3n) is 4.30. The molecule has 2 aliphatic rings. The molecule has 0 aromatic carbocycles. The van der Waals surface area contributed by atoms with Gasteiger partial charge in [0.15, 0.2) is 0 Å². The van der Waals surface area contributed by atoms with Crippen molar-refractivity contribution in [2.75, 3.05) is 19.6 Å². The fourth-order valence-corrected chi connectivity index (χ4v) is 3.22. The van der Waals surface area contributed by atoms with Crippen LogP contribution < -0.4 is 5.32 Å². The van der Waals surface area contributed by atoms with Crippen molar-refractivity contribution in [1.82, 2.24) is 10.2 Å². The second kappa shape index (κ2) is 5.84. The Morgan fingerprint density at radius 3 is 2.47 bits per heavy atom. The Morgan fingerprint density at radius 2 is 1.94 bits per heavy atom. The van der Waals surface area contributed by atoms with Gasteiger partial charge in [-0.05, 0) is 38.6 Å². The van der Waals surface area contributed by atoms with Gasteiger partial charge in [0.25, 0.3) is 0 Å². The number of rotatable bonds is 4. The predicted octanol–water partition coefficient (Wildman–Crippen LogP) is 2.29. The molecule has 0 atom stereocenters. The van der Waals surface area contributed by atoms with Gasteiger partial charge in [0.2, 0.25) is 0 Å². The summed E-state index contributed by atoms with van der Waals surface area (Å²) in [5.74, 6) is 0. The Morgan fingerprint density at radius 1 is 1.29 bits per heavy atom. The average molecular weight is 235 g/mol. The molecule has 0 unspecified atom stereocenters. The van der Waals surface area contributed by atoms with Gasteiger partial charge in [-0.3, -0.25) is 5.32 Å². The fraction of sp³-hybridized carbons (Fsp3) is 0.929. The number of piperidine rings is 1. The second-order valence-electron chi connectivity index (χ2n) is 5.66. The smallest absolute Gasteiger partial charge is 0.109 e. The standard InChI is InChI=1S/C14H25N3/c1-2-9-17-10-7-14(12-15,8-11-17)16-13-5-3-4-6-13/h13,16H,2-11H2,1H3. The van der Waals surface area contributed by atoms with E-state index >= 15 is 0 Å². The topological polar surface area (TPSA) is 39.1 Å². The summed E-state index contributed by atoms with van der Waals surface area (Å²) in [6.45, 7) is 5.58. The minimum Gasteiger partial charge on any atom is -0.303 e. The molecule has 1 saturated heterocycles. The van der Waals surface area contributed by atoms with Crippen molar-refractivity contribution in [3.8, 4) is 6.07 Å². The lowest BCUT2D eigenvalue weighted by atomic mass is 9.88. The Hall–Kier alpha value is -0.590. The highest BCUT2D eigenvalue weighted by molar-refractivity contribution is 5.11. The van der Waals surface area contributed by atoms with E-state index in [4.69, 9.17) is 0 Å². The first kappa shape index (κ1) is 12.9. The van der Waals surface area contributed by atoms with Crippen molar-refractivity contribution >= 4 is 0 Å². The highest BCUT2D eigenvalue weighted by Crippen LogP contribution is 2.26. The summed E-state index contributed by atoms with van der Waals surface area (Å²) in [4.78, 5) is 2.49. The average Bonchev–Trinajstić information content (AvgIpc) is 2.85. The van der Waals surface area contributed by atoms with E-state index in [1.807, 2.05) is 0 Å². The molecular formula is C14H25N3. The number of nitriles is 1. The molecule has 96 valence electrons. The first-order valence-corrected chi connectivity index (χ1v) is 7.19. The van der Waals surface area contributed by atoms with E-state index in [9.17, 15) is 5.26 Å².